The van der Waals surface area contributed by atoms with Crippen molar-refractivity contribution < 1.29 is 36.6 Å². The number of carbonyl (C=O) groups excluding carboxylic acids is 1. The molecule has 1 saturated heterocycles. The molecule has 2 atom stereocenters. The maximum absolute atomic E-state index is 15.9. The molecule has 0 radical (unpaired) electrons. The molecular weight excluding hydrogens is 669 g/mol. The number of nitrogens with zero attached hydrogens (tertiary/aromatic N) is 2. The first-order valence-electron chi connectivity index (χ1n) is 17.1. The van der Waals surface area contributed by atoms with Gasteiger partial charge in [-0.25, -0.2) is 8.78 Å². The number of aromatic nitrogens is 1. The molecule has 5 rings (SSSR count). The van der Waals surface area contributed by atoms with Crippen LogP contribution in [-0.4, -0.2) is 46.1 Å². The Kier molecular flexibility index (Phi) is 11.1. The zero-order chi connectivity index (χ0) is 37.4. The van der Waals surface area contributed by atoms with Crippen molar-refractivity contribution in [3.8, 4) is 23.5 Å². The monoisotopic (exact) mass is 711 g/mol. The molecule has 2 aromatic carbocycles. The number of likely N-dealkylation sites (tertiary alicyclic amines) is 1. The summed E-state index contributed by atoms with van der Waals surface area (Å²) in [6, 6.07) is 2.99. The van der Waals surface area contributed by atoms with Crippen molar-refractivity contribution in [2.45, 2.75) is 78.1 Å². The van der Waals surface area contributed by atoms with Crippen molar-refractivity contribution in [2.24, 2.45) is 17.8 Å². The van der Waals surface area contributed by atoms with Gasteiger partial charge in [-0.1, -0.05) is 19.8 Å². The summed E-state index contributed by atoms with van der Waals surface area (Å²) in [5.41, 5.74) is -0.735. The predicted molar refractivity (Wildman–Crippen MR) is 183 cm³/mol. The molecule has 1 aliphatic heterocycles. The number of hydrogen-bond donors (Lipinski definition) is 2. The maximum atomic E-state index is 15.9. The van der Waals surface area contributed by atoms with Crippen molar-refractivity contribution in [3.05, 3.63) is 91.9 Å². The Morgan fingerprint density at radius 2 is 1.69 bits per heavy atom. The van der Waals surface area contributed by atoms with E-state index in [4.69, 9.17) is 6.42 Å². The Hall–Kier alpha value is -4.50. The van der Waals surface area contributed by atoms with Crippen LogP contribution in [0.4, 0.5) is 22.0 Å². The minimum atomic E-state index is -4.80. The van der Waals surface area contributed by atoms with Crippen LogP contribution in [-0.2, 0) is 22.2 Å². The number of nitrogens with one attached hydrogen (secondary N) is 1. The van der Waals surface area contributed by atoms with Gasteiger partial charge in [-0.2, -0.15) is 13.2 Å². The van der Waals surface area contributed by atoms with Crippen LogP contribution in [0.5, 0.6) is 0 Å². The first-order valence-corrected chi connectivity index (χ1v) is 17.1. The Morgan fingerprint density at radius 1 is 1.04 bits per heavy atom. The number of carboxylic acid groups (broad SMARTS) is 1. The fraction of sp³-hybridized carbons (Fsp3) is 0.462. The van der Waals surface area contributed by atoms with Crippen molar-refractivity contribution in [3.63, 3.8) is 0 Å². The number of benzene rings is 2. The lowest BCUT2D eigenvalue weighted by Gasteiger charge is -2.40. The molecule has 51 heavy (non-hydrogen) atoms. The van der Waals surface area contributed by atoms with Gasteiger partial charge in [0.2, 0.25) is 5.91 Å². The van der Waals surface area contributed by atoms with E-state index in [9.17, 15) is 37.1 Å². The highest BCUT2D eigenvalue weighted by atomic mass is 19.4. The quantitative estimate of drug-likeness (QED) is 0.145. The number of terminal acetylenes is 1. The number of alkyl halides is 3. The molecule has 1 amide bonds. The fourth-order valence-corrected chi connectivity index (χ4v) is 7.18. The third kappa shape index (κ3) is 8.87. The van der Waals surface area contributed by atoms with E-state index in [1.54, 1.807) is 27.7 Å². The molecule has 0 bridgehead atoms. The van der Waals surface area contributed by atoms with Gasteiger partial charge >= 0.3 is 12.1 Å². The average molecular weight is 712 g/mol. The van der Waals surface area contributed by atoms with Crippen molar-refractivity contribution in [1.29, 1.82) is 0 Å². The Bertz CT molecular complexity index is 1900. The van der Waals surface area contributed by atoms with Gasteiger partial charge in [-0.15, -0.1) is 6.42 Å². The van der Waals surface area contributed by atoms with Crippen LogP contribution in [0.2, 0.25) is 0 Å². The molecule has 2 heterocycles. The van der Waals surface area contributed by atoms with Gasteiger partial charge in [0, 0.05) is 37.5 Å². The van der Waals surface area contributed by atoms with E-state index >= 15 is 4.39 Å². The normalized spacial score (nSPS) is 16.4. The lowest BCUT2D eigenvalue weighted by molar-refractivity contribution is -0.139. The fourth-order valence-electron chi connectivity index (χ4n) is 7.18. The summed E-state index contributed by atoms with van der Waals surface area (Å²) in [7, 11) is 0. The molecule has 1 aromatic heterocycles. The Labute approximate surface area is 293 Å². The first kappa shape index (κ1) is 37.7. The molecule has 1 aliphatic carbocycles. The number of hydrogen-bond acceptors (Lipinski definition) is 4. The van der Waals surface area contributed by atoms with Crippen molar-refractivity contribution in [1.82, 2.24) is 14.8 Å². The Morgan fingerprint density at radius 3 is 2.24 bits per heavy atom. The zero-order valence-electron chi connectivity index (χ0n) is 29.0. The summed E-state index contributed by atoms with van der Waals surface area (Å²) in [5.74, 6) is -1.07. The number of carboxylic acids is 1. The van der Waals surface area contributed by atoms with E-state index in [1.807, 2.05) is 0 Å². The molecule has 7 nitrogen and oxygen atoms in total. The molecule has 12 heteroatoms. The lowest BCUT2D eigenvalue weighted by Crippen LogP contribution is -2.48. The second kappa shape index (κ2) is 15.0. The second-order valence-electron chi connectivity index (χ2n) is 14.5. The van der Waals surface area contributed by atoms with Gasteiger partial charge in [0.1, 0.15) is 17.7 Å². The lowest BCUT2D eigenvalue weighted by atomic mass is 9.89. The van der Waals surface area contributed by atoms with Crippen molar-refractivity contribution in [2.75, 3.05) is 19.6 Å². The minimum Gasteiger partial charge on any atom is -0.481 e. The maximum Gasteiger partial charge on any atom is 0.416 e. The average Bonchev–Trinajstić information content (AvgIpc) is 3.82. The summed E-state index contributed by atoms with van der Waals surface area (Å²) < 4.78 is 73.6. The van der Waals surface area contributed by atoms with Crippen LogP contribution in [0.3, 0.4) is 0 Å². The van der Waals surface area contributed by atoms with Crippen LogP contribution in [0.1, 0.15) is 85.0 Å². The van der Waals surface area contributed by atoms with Crippen molar-refractivity contribution >= 4 is 11.9 Å². The van der Waals surface area contributed by atoms with Gasteiger partial charge in [0.25, 0.3) is 5.56 Å². The minimum absolute atomic E-state index is 0.0149. The smallest absolute Gasteiger partial charge is 0.416 e. The zero-order valence-corrected chi connectivity index (χ0v) is 29.0. The molecule has 2 aliphatic rings. The van der Waals surface area contributed by atoms with E-state index in [1.165, 1.54) is 24.3 Å². The summed E-state index contributed by atoms with van der Waals surface area (Å²) in [4.78, 5) is 41.7. The first-order chi connectivity index (χ1) is 23.9. The van der Waals surface area contributed by atoms with Crippen LogP contribution < -0.4 is 10.9 Å². The third-order valence-electron chi connectivity index (χ3n) is 9.67. The molecular formula is C39H42F5N3O4. The molecule has 0 spiro atoms. The van der Waals surface area contributed by atoms with E-state index < -0.39 is 59.3 Å². The van der Waals surface area contributed by atoms with Crippen LogP contribution in [0, 0.1) is 55.6 Å². The summed E-state index contributed by atoms with van der Waals surface area (Å²) in [5, 5.41) is 12.4. The number of carbonyl (C=O) groups is 2. The number of aliphatic carboxylic acids is 1. The highest BCUT2D eigenvalue weighted by Crippen LogP contribution is 2.37. The molecule has 1 saturated carbocycles. The summed E-state index contributed by atoms with van der Waals surface area (Å²) in [6.07, 6.45) is 3.54. The predicted octanol–water partition coefficient (Wildman–Crippen LogP) is 7.21. The van der Waals surface area contributed by atoms with Gasteiger partial charge in [-0.05, 0) is 109 Å². The number of rotatable bonds is 13. The molecule has 2 N–H and O–H groups in total. The summed E-state index contributed by atoms with van der Waals surface area (Å²) >= 11 is 0. The Balaban J connectivity index is 1.52. The van der Waals surface area contributed by atoms with E-state index in [0.717, 1.165) is 30.2 Å². The van der Waals surface area contributed by atoms with Gasteiger partial charge in [0.15, 0.2) is 0 Å². The highest BCUT2D eigenvalue weighted by Gasteiger charge is 2.39. The number of aryl methyl sites for hydroxylation is 2. The number of amides is 1. The van der Waals surface area contributed by atoms with E-state index in [0.29, 0.717) is 47.3 Å². The van der Waals surface area contributed by atoms with Gasteiger partial charge in [-0.3, -0.25) is 14.4 Å². The van der Waals surface area contributed by atoms with E-state index in [2.05, 4.69) is 16.1 Å². The molecule has 3 aromatic rings. The number of halogens is 5. The molecule has 272 valence electrons. The highest BCUT2D eigenvalue weighted by molar-refractivity contribution is 5.82. The van der Waals surface area contributed by atoms with Crippen LogP contribution in [0.15, 0.2) is 41.3 Å². The molecule has 0 unspecified atom stereocenters. The largest absolute Gasteiger partial charge is 0.481 e. The molecule has 2 fully saturated rings. The summed E-state index contributed by atoms with van der Waals surface area (Å²) in [6.45, 7) is 9.05. The van der Waals surface area contributed by atoms with Crippen LogP contribution >= 0.6 is 0 Å². The SMILES string of the molecule is C#Cc1cc(-c2c(C)cc(F)cc2C)cc([C@@H](CC(=O)O)NC(=O)[C@H](CC(C)C)n2cc(CC3CN(CC4CC4)C3)c(C(F)(F)F)cc2=O)c1F. The van der Waals surface area contributed by atoms with Gasteiger partial charge in [0.05, 0.1) is 23.6 Å². The number of pyridine rings is 1. The topological polar surface area (TPSA) is 91.6 Å². The van der Waals surface area contributed by atoms with Gasteiger partial charge < -0.3 is 19.9 Å². The second-order valence-corrected chi connectivity index (χ2v) is 14.5. The third-order valence-corrected chi connectivity index (χ3v) is 9.67. The van der Waals surface area contributed by atoms with Crippen LogP contribution in [0.25, 0.3) is 11.1 Å². The standard InChI is InChI=1S/C39H42F5N3O4/c1-6-26-13-27(36-22(4)10-29(40)11-23(36)5)14-30(37(26)41)32(16-35(49)50)45-38(51)33(9-21(2)3)47-20-28(31(15-34(47)48)39(42,43)44)12-25-18-46(19-25)17-24-7-8-24/h1,10-11,13-15,20-21,24-25,32-33H,7-9,12,16-19H2,2-5H3,(H,45,51)(H,49,50)/t32-,33+/m1/s1. The van der Waals surface area contributed by atoms with E-state index in [-0.39, 0.29) is 41.4 Å².